The second-order valence-corrected chi connectivity index (χ2v) is 8.70. The summed E-state index contributed by atoms with van der Waals surface area (Å²) in [4.78, 5) is 63.2. The molecule has 1 saturated carbocycles. The number of halogens is 3. The van der Waals surface area contributed by atoms with Crippen LogP contribution in [-0.2, 0) is 30.1 Å². The van der Waals surface area contributed by atoms with Gasteiger partial charge in [0, 0.05) is 18.2 Å². The van der Waals surface area contributed by atoms with E-state index in [1.54, 1.807) is 0 Å². The molecule has 14 heteroatoms. The number of primary amides is 1. The van der Waals surface area contributed by atoms with Crippen LogP contribution >= 0.6 is 0 Å². The number of rotatable bonds is 3. The molecule has 37 heavy (non-hydrogen) atoms. The first-order valence-corrected chi connectivity index (χ1v) is 10.7. The van der Waals surface area contributed by atoms with E-state index in [9.17, 15) is 57.6 Å². The van der Waals surface area contributed by atoms with Gasteiger partial charge < -0.3 is 30.9 Å². The molecule has 2 aliphatic carbocycles. The third-order valence-corrected chi connectivity index (χ3v) is 6.71. The number of hydrogen-bond acceptors (Lipinski definition) is 10. The Morgan fingerprint density at radius 2 is 1.73 bits per heavy atom. The molecule has 0 aromatic heterocycles. The van der Waals surface area contributed by atoms with Crippen LogP contribution in [0.3, 0.4) is 0 Å². The van der Waals surface area contributed by atoms with Crippen molar-refractivity contribution in [1.82, 2.24) is 0 Å². The number of nitrogens with two attached hydrogens (primary N) is 1. The fourth-order valence-electron chi connectivity index (χ4n) is 4.96. The van der Waals surface area contributed by atoms with Gasteiger partial charge in [-0.2, -0.15) is 13.2 Å². The molecule has 6 N–H and O–H groups in total. The second kappa shape index (κ2) is 8.16. The zero-order chi connectivity index (χ0) is 27.8. The van der Waals surface area contributed by atoms with Gasteiger partial charge >= 0.3 is 12.1 Å². The minimum Gasteiger partial charge on any atom is -0.507 e. The number of Topliss-reactive ketones (excluding diaryl/α,β-unsaturated/α-hetero) is 3. The standard InChI is InChI=1S/C23H18F3NO10/c1-2-10(29)37-18-8-5-9(28)12(21(27)35)19(33)22(8,36)20(34)14-13(18)15(30)6-3-4-7(23(24,25)26)16(31)11(6)17(14)32/h3-4,8,12,18,30-32,36H,2,5H2,1H3,(H2,27,35)/t8-,12?,18-,22-/m1/s1. The number of aromatic hydroxyl groups is 3. The van der Waals surface area contributed by atoms with Crippen molar-refractivity contribution in [2.75, 3.05) is 0 Å². The van der Waals surface area contributed by atoms with Gasteiger partial charge in [-0.15, -0.1) is 0 Å². The number of aliphatic hydroxyl groups is 1. The number of phenolic OH excluding ortho intramolecular Hbond substituents is 3. The van der Waals surface area contributed by atoms with Crippen molar-refractivity contribution < 1.29 is 62.3 Å². The van der Waals surface area contributed by atoms with Gasteiger partial charge in [-0.05, 0) is 12.1 Å². The number of fused-ring (bicyclic) bond motifs is 3. The van der Waals surface area contributed by atoms with Crippen molar-refractivity contribution in [3.05, 3.63) is 28.8 Å². The van der Waals surface area contributed by atoms with Crippen LogP contribution in [0.25, 0.3) is 10.8 Å². The lowest BCUT2D eigenvalue weighted by Crippen LogP contribution is -2.65. The quantitative estimate of drug-likeness (QED) is 0.220. The smallest absolute Gasteiger partial charge is 0.419 e. The first-order chi connectivity index (χ1) is 17.1. The van der Waals surface area contributed by atoms with Crippen LogP contribution in [0.15, 0.2) is 12.1 Å². The number of carbonyl (C=O) groups excluding carboxylic acids is 5. The van der Waals surface area contributed by atoms with Crippen molar-refractivity contribution >= 4 is 40.0 Å². The molecule has 2 aromatic rings. The van der Waals surface area contributed by atoms with Gasteiger partial charge in [-0.1, -0.05) is 6.92 Å². The number of benzene rings is 2. The molecule has 1 fully saturated rings. The summed E-state index contributed by atoms with van der Waals surface area (Å²) in [5.41, 5.74) is -1.70. The number of hydrogen-bond donors (Lipinski definition) is 5. The number of ketones is 3. The molecule has 1 unspecified atom stereocenters. The predicted molar refractivity (Wildman–Crippen MR) is 113 cm³/mol. The van der Waals surface area contributed by atoms with Gasteiger partial charge in [-0.3, -0.25) is 24.0 Å². The minimum absolute atomic E-state index is 0.299. The van der Waals surface area contributed by atoms with E-state index in [2.05, 4.69) is 0 Å². The van der Waals surface area contributed by atoms with Gasteiger partial charge in [0.1, 0.15) is 23.4 Å². The maximum absolute atomic E-state index is 13.5. The molecule has 0 aliphatic heterocycles. The van der Waals surface area contributed by atoms with E-state index in [0.29, 0.717) is 12.1 Å². The summed E-state index contributed by atoms with van der Waals surface area (Å²) in [6.45, 7) is 1.35. The normalized spacial score (nSPS) is 25.5. The Balaban J connectivity index is 2.13. The second-order valence-electron chi connectivity index (χ2n) is 8.70. The van der Waals surface area contributed by atoms with Crippen LogP contribution in [0.5, 0.6) is 17.2 Å². The molecule has 0 heterocycles. The Morgan fingerprint density at radius 3 is 2.27 bits per heavy atom. The molecule has 196 valence electrons. The highest BCUT2D eigenvalue weighted by atomic mass is 19.4. The summed E-state index contributed by atoms with van der Waals surface area (Å²) in [5.74, 6) is -15.1. The minimum atomic E-state index is -5.13. The van der Waals surface area contributed by atoms with E-state index in [1.165, 1.54) is 6.92 Å². The maximum Gasteiger partial charge on any atom is 0.419 e. The lowest BCUT2D eigenvalue weighted by Gasteiger charge is -2.46. The number of amides is 1. The molecule has 0 radical (unpaired) electrons. The van der Waals surface area contributed by atoms with Crippen LogP contribution in [0.2, 0.25) is 0 Å². The SMILES string of the molecule is CCC(=O)O[C@H]1c2c(c(O)c3c(O)c(C(F)(F)F)ccc3c2O)C(=O)[C@]2(O)C(=O)C(C(N)=O)C(=O)C[C@H]12. The van der Waals surface area contributed by atoms with Gasteiger partial charge in [0.2, 0.25) is 11.7 Å². The van der Waals surface area contributed by atoms with E-state index in [0.717, 1.165) is 0 Å². The maximum atomic E-state index is 13.5. The van der Waals surface area contributed by atoms with Crippen molar-refractivity contribution in [1.29, 1.82) is 0 Å². The molecule has 2 aromatic carbocycles. The molecule has 11 nitrogen and oxygen atoms in total. The van der Waals surface area contributed by atoms with Crippen molar-refractivity contribution in [2.24, 2.45) is 17.6 Å². The predicted octanol–water partition coefficient (Wildman–Crippen LogP) is 1.16. The van der Waals surface area contributed by atoms with Gasteiger partial charge in [-0.25, -0.2) is 0 Å². The lowest BCUT2D eigenvalue weighted by atomic mass is 9.59. The molecule has 0 spiro atoms. The molecule has 2 aliphatic rings. The Labute approximate surface area is 204 Å². The summed E-state index contributed by atoms with van der Waals surface area (Å²) < 4.78 is 45.4. The third kappa shape index (κ3) is 3.43. The van der Waals surface area contributed by atoms with E-state index in [-0.39, 0.29) is 6.42 Å². The summed E-state index contributed by atoms with van der Waals surface area (Å²) in [5, 5.41) is 41.9. The number of phenols is 3. The van der Waals surface area contributed by atoms with Gasteiger partial charge in [0.15, 0.2) is 23.1 Å². The van der Waals surface area contributed by atoms with Crippen LogP contribution in [0.4, 0.5) is 13.2 Å². The summed E-state index contributed by atoms with van der Waals surface area (Å²) in [6.07, 6.45) is -8.28. The van der Waals surface area contributed by atoms with Crippen molar-refractivity contribution in [3.63, 3.8) is 0 Å². The van der Waals surface area contributed by atoms with Crippen molar-refractivity contribution in [3.8, 4) is 17.2 Å². The highest BCUT2D eigenvalue weighted by Gasteiger charge is 2.66. The fraction of sp³-hybridized carbons (Fsp3) is 0.348. The van der Waals surface area contributed by atoms with Crippen LogP contribution in [-0.4, -0.2) is 55.3 Å². The monoisotopic (exact) mass is 525 g/mol. The lowest BCUT2D eigenvalue weighted by molar-refractivity contribution is -0.173. The van der Waals surface area contributed by atoms with E-state index < -0.39 is 110 Å². The Kier molecular flexibility index (Phi) is 5.71. The van der Waals surface area contributed by atoms with Crippen LogP contribution in [0, 0.1) is 11.8 Å². The topological polar surface area (TPSA) is 202 Å². The fourth-order valence-corrected chi connectivity index (χ4v) is 4.96. The average Bonchev–Trinajstić information content (AvgIpc) is 2.79. The first kappa shape index (κ1) is 25.9. The van der Waals surface area contributed by atoms with Crippen LogP contribution in [0.1, 0.15) is 47.4 Å². The van der Waals surface area contributed by atoms with Crippen LogP contribution < -0.4 is 5.73 Å². The third-order valence-electron chi connectivity index (χ3n) is 6.71. The Bertz CT molecular complexity index is 1430. The number of esters is 1. The molecular weight excluding hydrogens is 507 g/mol. The zero-order valence-electron chi connectivity index (χ0n) is 18.8. The average molecular weight is 525 g/mol. The number of carbonyl (C=O) groups is 5. The molecule has 0 bridgehead atoms. The molecule has 0 saturated heterocycles. The Morgan fingerprint density at radius 1 is 1.11 bits per heavy atom. The Hall–Kier alpha value is -4.20. The largest absolute Gasteiger partial charge is 0.507 e. The van der Waals surface area contributed by atoms with E-state index >= 15 is 0 Å². The van der Waals surface area contributed by atoms with E-state index in [4.69, 9.17) is 10.5 Å². The van der Waals surface area contributed by atoms with Crippen molar-refractivity contribution in [2.45, 2.75) is 37.6 Å². The zero-order valence-corrected chi connectivity index (χ0v) is 18.8. The number of alkyl halides is 3. The highest BCUT2D eigenvalue weighted by Crippen LogP contribution is 2.57. The first-order valence-electron chi connectivity index (χ1n) is 10.7. The van der Waals surface area contributed by atoms with Gasteiger partial charge in [0.05, 0.1) is 28.0 Å². The molecule has 4 rings (SSSR count). The van der Waals surface area contributed by atoms with E-state index in [1.807, 2.05) is 0 Å². The summed E-state index contributed by atoms with van der Waals surface area (Å²) in [7, 11) is 0. The molecule has 1 amide bonds. The molecular formula is C23H18F3NO10. The van der Waals surface area contributed by atoms with Gasteiger partial charge in [0.25, 0.3) is 0 Å². The molecule has 4 atom stereocenters. The number of ether oxygens (including phenoxy) is 1. The highest BCUT2D eigenvalue weighted by molar-refractivity contribution is 6.32. The summed E-state index contributed by atoms with van der Waals surface area (Å²) >= 11 is 0. The summed E-state index contributed by atoms with van der Waals surface area (Å²) in [6, 6.07) is 1.07.